The van der Waals surface area contributed by atoms with Crippen molar-refractivity contribution in [2.75, 3.05) is 0 Å². The Kier molecular flexibility index (Phi) is 3.67. The molecule has 1 rings (SSSR count). The molecule has 1 aromatic carbocycles. The van der Waals surface area contributed by atoms with E-state index in [2.05, 4.69) is 0 Å². The molecule has 0 aliphatic heterocycles. The van der Waals surface area contributed by atoms with E-state index in [-0.39, 0.29) is 11.4 Å². The highest BCUT2D eigenvalue weighted by molar-refractivity contribution is 6.17. The number of hydrogen-bond acceptors (Lipinski definition) is 0. The Hall–Kier alpha value is -0.630. The highest BCUT2D eigenvalue weighted by Gasteiger charge is 2.11. The van der Waals surface area contributed by atoms with Crippen LogP contribution in [-0.4, -0.2) is 0 Å². The van der Waals surface area contributed by atoms with Crippen molar-refractivity contribution < 1.29 is 8.78 Å². The molecule has 0 spiro atoms. The molecule has 3 heteroatoms. The van der Waals surface area contributed by atoms with E-state index in [0.717, 1.165) is 6.42 Å². The molecule has 0 radical (unpaired) electrons. The molecule has 0 aliphatic carbocycles. The van der Waals surface area contributed by atoms with Gasteiger partial charge in [-0.25, -0.2) is 8.78 Å². The fourth-order valence-corrected chi connectivity index (χ4v) is 1.43. The van der Waals surface area contributed by atoms with E-state index in [4.69, 9.17) is 11.6 Å². The zero-order valence-electron chi connectivity index (χ0n) is 7.41. The van der Waals surface area contributed by atoms with Crippen molar-refractivity contribution in [1.82, 2.24) is 0 Å². The van der Waals surface area contributed by atoms with Gasteiger partial charge in [-0.15, -0.1) is 11.6 Å². The van der Waals surface area contributed by atoms with Gasteiger partial charge in [0.15, 0.2) is 0 Å². The smallest absolute Gasteiger partial charge is 0.133 e. The van der Waals surface area contributed by atoms with Crippen LogP contribution in [0.4, 0.5) is 8.78 Å². The average Bonchev–Trinajstić information content (AvgIpc) is 2.12. The third-order valence-corrected chi connectivity index (χ3v) is 2.20. The van der Waals surface area contributed by atoms with Crippen LogP contribution in [0, 0.1) is 11.6 Å². The van der Waals surface area contributed by atoms with E-state index >= 15 is 0 Å². The van der Waals surface area contributed by atoms with Gasteiger partial charge in [0.25, 0.3) is 0 Å². The molecule has 0 saturated carbocycles. The highest BCUT2D eigenvalue weighted by Crippen LogP contribution is 2.19. The first-order valence-electron chi connectivity index (χ1n) is 4.22. The summed E-state index contributed by atoms with van der Waals surface area (Å²) >= 11 is 5.49. The van der Waals surface area contributed by atoms with E-state index in [1.165, 1.54) is 12.1 Å². The Morgan fingerprint density at radius 2 is 2.00 bits per heavy atom. The van der Waals surface area contributed by atoms with Crippen LogP contribution in [0.3, 0.4) is 0 Å². The largest absolute Gasteiger partial charge is 0.207 e. The van der Waals surface area contributed by atoms with Crippen molar-refractivity contribution in [3.05, 3.63) is 34.9 Å². The monoisotopic (exact) mass is 204 g/mol. The topological polar surface area (TPSA) is 0 Å². The molecule has 0 atom stereocenters. The van der Waals surface area contributed by atoms with Gasteiger partial charge in [-0.1, -0.05) is 19.4 Å². The molecule has 0 aliphatic rings. The first-order valence-corrected chi connectivity index (χ1v) is 4.75. The lowest BCUT2D eigenvalue weighted by Gasteiger charge is -2.06. The Labute approximate surface area is 81.5 Å². The molecular formula is C10H11ClF2. The highest BCUT2D eigenvalue weighted by atomic mass is 35.5. The lowest BCUT2D eigenvalue weighted by molar-refractivity contribution is 0.546. The summed E-state index contributed by atoms with van der Waals surface area (Å²) in [6, 6.07) is 2.66. The molecule has 0 unspecified atom stereocenters. The number of halogens is 3. The van der Waals surface area contributed by atoms with Crippen LogP contribution in [0.1, 0.15) is 24.5 Å². The second-order valence-corrected chi connectivity index (χ2v) is 3.15. The van der Waals surface area contributed by atoms with Gasteiger partial charge in [0.2, 0.25) is 0 Å². The number of alkyl halides is 1. The maximum Gasteiger partial charge on any atom is 0.133 e. The Balaban J connectivity index is 3.13. The Morgan fingerprint density at radius 3 is 2.54 bits per heavy atom. The quantitative estimate of drug-likeness (QED) is 0.660. The van der Waals surface area contributed by atoms with Gasteiger partial charge >= 0.3 is 0 Å². The summed E-state index contributed by atoms with van der Waals surface area (Å²) in [5, 5.41) is 0. The molecule has 0 N–H and O–H groups in total. The number of rotatable bonds is 3. The number of hydrogen-bond donors (Lipinski definition) is 0. The van der Waals surface area contributed by atoms with Crippen LogP contribution >= 0.6 is 11.6 Å². The molecule has 13 heavy (non-hydrogen) atoms. The fraction of sp³-hybridized carbons (Fsp3) is 0.400. The maximum atomic E-state index is 13.4. The summed E-state index contributed by atoms with van der Waals surface area (Å²) in [6.07, 6.45) is 1.14. The first-order chi connectivity index (χ1) is 6.20. The van der Waals surface area contributed by atoms with Gasteiger partial charge in [-0.05, 0) is 12.5 Å². The van der Waals surface area contributed by atoms with Crippen LogP contribution in [0.15, 0.2) is 12.1 Å². The standard InChI is InChI=1S/C10H11ClF2/c1-2-3-8-9(12)5-4-7(6-11)10(8)13/h4-5H,2-3,6H2,1H3. The van der Waals surface area contributed by atoms with E-state index in [9.17, 15) is 8.78 Å². The van der Waals surface area contributed by atoms with Crippen LogP contribution in [0.25, 0.3) is 0 Å². The van der Waals surface area contributed by atoms with E-state index in [1.807, 2.05) is 6.92 Å². The summed E-state index contributed by atoms with van der Waals surface area (Å²) in [6.45, 7) is 1.88. The van der Waals surface area contributed by atoms with Crippen LogP contribution in [0.2, 0.25) is 0 Å². The molecule has 72 valence electrons. The van der Waals surface area contributed by atoms with Gasteiger partial charge in [0.1, 0.15) is 11.6 Å². The molecule has 0 nitrogen and oxygen atoms in total. The zero-order chi connectivity index (χ0) is 9.84. The van der Waals surface area contributed by atoms with Crippen molar-refractivity contribution in [3.63, 3.8) is 0 Å². The molecule has 0 amide bonds. The Bertz CT molecular complexity index is 297. The maximum absolute atomic E-state index is 13.4. The summed E-state index contributed by atoms with van der Waals surface area (Å²) in [7, 11) is 0. The van der Waals surface area contributed by atoms with Crippen LogP contribution < -0.4 is 0 Å². The Morgan fingerprint density at radius 1 is 1.31 bits per heavy atom. The van der Waals surface area contributed by atoms with Gasteiger partial charge in [-0.3, -0.25) is 0 Å². The predicted octanol–water partition coefficient (Wildman–Crippen LogP) is 3.66. The van der Waals surface area contributed by atoms with E-state index in [1.54, 1.807) is 0 Å². The van der Waals surface area contributed by atoms with E-state index in [0.29, 0.717) is 12.0 Å². The summed E-state index contributed by atoms with van der Waals surface area (Å²) in [5.41, 5.74) is 0.521. The molecule has 1 aromatic rings. The summed E-state index contributed by atoms with van der Waals surface area (Å²) in [4.78, 5) is 0. The minimum Gasteiger partial charge on any atom is -0.207 e. The second kappa shape index (κ2) is 4.56. The van der Waals surface area contributed by atoms with E-state index < -0.39 is 11.6 Å². The minimum absolute atomic E-state index is 0.0861. The third-order valence-electron chi connectivity index (χ3n) is 1.91. The third kappa shape index (κ3) is 2.19. The van der Waals surface area contributed by atoms with Crippen molar-refractivity contribution in [1.29, 1.82) is 0 Å². The number of benzene rings is 1. The van der Waals surface area contributed by atoms with Gasteiger partial charge < -0.3 is 0 Å². The van der Waals surface area contributed by atoms with Crippen LogP contribution in [0.5, 0.6) is 0 Å². The van der Waals surface area contributed by atoms with Gasteiger partial charge in [0.05, 0.1) is 5.88 Å². The lowest BCUT2D eigenvalue weighted by atomic mass is 10.1. The second-order valence-electron chi connectivity index (χ2n) is 2.88. The molecule has 0 fully saturated rings. The van der Waals surface area contributed by atoms with Crippen LogP contribution in [-0.2, 0) is 12.3 Å². The summed E-state index contributed by atoms with van der Waals surface area (Å²) in [5.74, 6) is -0.881. The molecular weight excluding hydrogens is 194 g/mol. The minimum atomic E-state index is -0.489. The predicted molar refractivity (Wildman–Crippen MR) is 49.9 cm³/mol. The van der Waals surface area contributed by atoms with Crippen molar-refractivity contribution in [3.8, 4) is 0 Å². The molecule has 0 heterocycles. The summed E-state index contributed by atoms with van der Waals surface area (Å²) < 4.78 is 26.5. The average molecular weight is 205 g/mol. The lowest BCUT2D eigenvalue weighted by Crippen LogP contribution is -1.99. The van der Waals surface area contributed by atoms with Gasteiger partial charge in [-0.2, -0.15) is 0 Å². The molecule has 0 saturated heterocycles. The SMILES string of the molecule is CCCc1c(F)ccc(CCl)c1F. The van der Waals surface area contributed by atoms with Gasteiger partial charge in [0, 0.05) is 11.1 Å². The molecule has 0 bridgehead atoms. The van der Waals surface area contributed by atoms with Crippen molar-refractivity contribution in [2.45, 2.75) is 25.6 Å². The fourth-order valence-electron chi connectivity index (χ4n) is 1.23. The normalized spacial score (nSPS) is 10.5. The van der Waals surface area contributed by atoms with Crippen molar-refractivity contribution in [2.24, 2.45) is 0 Å². The first kappa shape index (κ1) is 10.5. The zero-order valence-corrected chi connectivity index (χ0v) is 8.17. The molecule has 0 aromatic heterocycles. The van der Waals surface area contributed by atoms with Crippen molar-refractivity contribution >= 4 is 11.6 Å².